The molecule has 5 nitrogen and oxygen atoms in total. The smallest absolute Gasteiger partial charge is 0.262 e. The zero-order chi connectivity index (χ0) is 18.9. The lowest BCUT2D eigenvalue weighted by molar-refractivity contribution is -0.118. The second-order valence-electron chi connectivity index (χ2n) is 6.76. The normalized spacial score (nSPS) is 14.3. The second-order valence-corrected chi connectivity index (χ2v) is 8.41. The van der Waals surface area contributed by atoms with E-state index in [2.05, 4.69) is 4.72 Å². The van der Waals surface area contributed by atoms with Crippen molar-refractivity contribution in [2.24, 2.45) is 0 Å². The summed E-state index contributed by atoms with van der Waals surface area (Å²) in [6, 6.07) is 10.8. The van der Waals surface area contributed by atoms with Crippen molar-refractivity contribution < 1.29 is 13.2 Å². The Morgan fingerprint density at radius 3 is 2.58 bits per heavy atom. The lowest BCUT2D eigenvalue weighted by atomic mass is 10.0. The van der Waals surface area contributed by atoms with Gasteiger partial charge in [-0.3, -0.25) is 9.52 Å². The van der Waals surface area contributed by atoms with Gasteiger partial charge in [0.2, 0.25) is 5.91 Å². The molecule has 0 aliphatic carbocycles. The monoisotopic (exact) mass is 372 g/mol. The van der Waals surface area contributed by atoms with E-state index in [0.717, 1.165) is 23.2 Å². The molecule has 1 amide bonds. The molecule has 0 fully saturated rings. The summed E-state index contributed by atoms with van der Waals surface area (Å²) < 4.78 is 28.3. The summed E-state index contributed by atoms with van der Waals surface area (Å²) >= 11 is 0. The number of nitrogens with one attached hydrogen (secondary N) is 1. The van der Waals surface area contributed by atoms with Crippen LogP contribution >= 0.6 is 0 Å². The van der Waals surface area contributed by atoms with Gasteiger partial charge in [0.1, 0.15) is 0 Å². The highest BCUT2D eigenvalue weighted by atomic mass is 32.2. The Bertz CT molecular complexity index is 952. The Morgan fingerprint density at radius 1 is 1.08 bits per heavy atom. The Labute approximate surface area is 155 Å². The van der Waals surface area contributed by atoms with Crippen LogP contribution in [0.4, 0.5) is 11.4 Å². The lowest BCUT2D eigenvalue weighted by Gasteiger charge is -2.29. The lowest BCUT2D eigenvalue weighted by Crippen LogP contribution is -2.35. The van der Waals surface area contributed by atoms with Crippen LogP contribution in [0.5, 0.6) is 0 Å². The highest BCUT2D eigenvalue weighted by Gasteiger charge is 2.24. The number of carbonyl (C=O) groups is 1. The molecule has 0 unspecified atom stereocenters. The van der Waals surface area contributed by atoms with Crippen molar-refractivity contribution in [3.05, 3.63) is 53.1 Å². The molecule has 1 aliphatic heterocycles. The first kappa shape index (κ1) is 18.5. The maximum absolute atomic E-state index is 12.8. The summed E-state index contributed by atoms with van der Waals surface area (Å²) in [6.45, 7) is 6.37. The van der Waals surface area contributed by atoms with Crippen LogP contribution in [0.25, 0.3) is 0 Å². The Kier molecular flexibility index (Phi) is 5.05. The summed E-state index contributed by atoms with van der Waals surface area (Å²) in [5, 5.41) is 0. The third-order valence-corrected chi connectivity index (χ3v) is 6.14. The number of benzene rings is 2. The Hall–Kier alpha value is -2.34. The zero-order valence-corrected chi connectivity index (χ0v) is 16.2. The van der Waals surface area contributed by atoms with Gasteiger partial charge >= 0.3 is 0 Å². The molecule has 0 radical (unpaired) electrons. The van der Waals surface area contributed by atoms with Gasteiger partial charge in [0, 0.05) is 24.3 Å². The molecule has 0 saturated heterocycles. The molecule has 1 aliphatic rings. The van der Waals surface area contributed by atoms with Gasteiger partial charge < -0.3 is 4.90 Å². The van der Waals surface area contributed by atoms with Crippen molar-refractivity contribution in [2.45, 2.75) is 44.9 Å². The van der Waals surface area contributed by atoms with Crippen LogP contribution in [0, 0.1) is 13.8 Å². The summed E-state index contributed by atoms with van der Waals surface area (Å²) in [5.41, 5.74) is 4.02. The van der Waals surface area contributed by atoms with Crippen molar-refractivity contribution in [2.75, 3.05) is 16.2 Å². The van der Waals surface area contributed by atoms with Crippen LogP contribution in [0.3, 0.4) is 0 Å². The quantitative estimate of drug-likeness (QED) is 0.868. The molecule has 0 aromatic heterocycles. The van der Waals surface area contributed by atoms with E-state index in [4.69, 9.17) is 0 Å². The molecule has 0 bridgehead atoms. The summed E-state index contributed by atoms with van der Waals surface area (Å²) in [6.07, 6.45) is 1.97. The van der Waals surface area contributed by atoms with Crippen LogP contribution in [-0.2, 0) is 21.2 Å². The molecule has 3 rings (SSSR count). The minimum Gasteiger partial charge on any atom is -0.312 e. The van der Waals surface area contributed by atoms with Gasteiger partial charge in [-0.05, 0) is 67.6 Å². The number of amides is 1. The van der Waals surface area contributed by atoms with Crippen LogP contribution in [0.2, 0.25) is 0 Å². The van der Waals surface area contributed by atoms with Crippen molar-refractivity contribution in [1.29, 1.82) is 0 Å². The number of hydrogen-bond donors (Lipinski definition) is 1. The number of rotatable bonds is 5. The topological polar surface area (TPSA) is 66.5 Å². The van der Waals surface area contributed by atoms with E-state index in [-0.39, 0.29) is 10.8 Å². The minimum absolute atomic E-state index is 0.128. The minimum atomic E-state index is -3.66. The van der Waals surface area contributed by atoms with E-state index in [9.17, 15) is 13.2 Å². The number of sulfonamides is 1. The first-order valence-electron chi connectivity index (χ1n) is 8.85. The van der Waals surface area contributed by atoms with Gasteiger partial charge in [-0.25, -0.2) is 8.42 Å². The van der Waals surface area contributed by atoms with Gasteiger partial charge in [0.15, 0.2) is 0 Å². The molecule has 1 N–H and O–H groups in total. The number of nitrogens with zero attached hydrogens (tertiary/aromatic N) is 1. The maximum atomic E-state index is 12.8. The third kappa shape index (κ3) is 3.60. The van der Waals surface area contributed by atoms with Crippen molar-refractivity contribution in [3.8, 4) is 0 Å². The molecule has 2 aromatic carbocycles. The maximum Gasteiger partial charge on any atom is 0.262 e. The van der Waals surface area contributed by atoms with Gasteiger partial charge in [0.25, 0.3) is 10.0 Å². The number of fused-ring (bicyclic) bond motifs is 1. The highest BCUT2D eigenvalue weighted by Crippen LogP contribution is 2.31. The number of carbonyl (C=O) groups excluding carboxylic acids is 1. The van der Waals surface area contributed by atoms with Crippen molar-refractivity contribution in [1.82, 2.24) is 0 Å². The summed E-state index contributed by atoms with van der Waals surface area (Å²) in [4.78, 5) is 14.2. The fourth-order valence-corrected chi connectivity index (χ4v) is 4.68. The van der Waals surface area contributed by atoms with E-state index in [1.54, 1.807) is 24.0 Å². The fraction of sp³-hybridized carbons (Fsp3) is 0.350. The molecule has 1 heterocycles. The molecule has 26 heavy (non-hydrogen) atoms. The highest BCUT2D eigenvalue weighted by molar-refractivity contribution is 7.92. The molecule has 0 spiro atoms. The predicted molar refractivity (Wildman–Crippen MR) is 104 cm³/mol. The number of hydrogen-bond acceptors (Lipinski definition) is 3. The van der Waals surface area contributed by atoms with Crippen LogP contribution in [0.15, 0.2) is 41.3 Å². The van der Waals surface area contributed by atoms with Crippen molar-refractivity contribution in [3.63, 3.8) is 0 Å². The summed E-state index contributed by atoms with van der Waals surface area (Å²) in [5.74, 6) is 0.128. The first-order chi connectivity index (χ1) is 12.3. The molecule has 0 atom stereocenters. The molecule has 138 valence electrons. The number of aryl methyl sites for hydroxylation is 3. The van der Waals surface area contributed by atoms with Gasteiger partial charge in [0.05, 0.1) is 4.90 Å². The van der Waals surface area contributed by atoms with Crippen LogP contribution in [0.1, 0.15) is 36.5 Å². The zero-order valence-electron chi connectivity index (χ0n) is 15.4. The largest absolute Gasteiger partial charge is 0.312 e. The first-order valence-corrected chi connectivity index (χ1v) is 10.3. The predicted octanol–water partition coefficient (Wildman–Crippen LogP) is 3.79. The van der Waals surface area contributed by atoms with Crippen LogP contribution < -0.4 is 9.62 Å². The fourth-order valence-electron chi connectivity index (χ4n) is 3.30. The van der Waals surface area contributed by atoms with E-state index in [1.165, 1.54) is 0 Å². The van der Waals surface area contributed by atoms with E-state index in [0.29, 0.717) is 30.6 Å². The van der Waals surface area contributed by atoms with Gasteiger partial charge in [-0.1, -0.05) is 19.1 Å². The third-order valence-electron chi connectivity index (χ3n) is 4.61. The molecular formula is C20H24N2O3S. The summed E-state index contributed by atoms with van der Waals surface area (Å²) in [7, 11) is -3.66. The molecule has 2 aromatic rings. The molecular weight excluding hydrogens is 348 g/mol. The Morgan fingerprint density at radius 2 is 1.85 bits per heavy atom. The van der Waals surface area contributed by atoms with E-state index < -0.39 is 10.0 Å². The van der Waals surface area contributed by atoms with Crippen LogP contribution in [-0.4, -0.2) is 20.9 Å². The van der Waals surface area contributed by atoms with E-state index >= 15 is 0 Å². The standard InChI is InChI=1S/C20H24N2O3S/c1-4-11-22-18-9-8-17(13-16(18)7-10-20(22)23)21-26(24,25)19-12-14(2)5-6-15(19)3/h5-6,8-9,12-13,21H,4,7,10-11H2,1-3H3. The second kappa shape index (κ2) is 7.11. The van der Waals surface area contributed by atoms with E-state index in [1.807, 2.05) is 38.1 Å². The van der Waals surface area contributed by atoms with Gasteiger partial charge in [-0.2, -0.15) is 0 Å². The molecule has 6 heteroatoms. The molecule has 0 saturated carbocycles. The SMILES string of the molecule is CCCN1C(=O)CCc2cc(NS(=O)(=O)c3cc(C)ccc3C)ccc21. The van der Waals surface area contributed by atoms with Gasteiger partial charge in [-0.15, -0.1) is 0 Å². The van der Waals surface area contributed by atoms with Crippen molar-refractivity contribution >= 4 is 27.3 Å². The Balaban J connectivity index is 1.92. The average molecular weight is 372 g/mol. The number of anilines is 2. The average Bonchev–Trinajstić information content (AvgIpc) is 2.59.